The van der Waals surface area contributed by atoms with Crippen LogP contribution in [0.2, 0.25) is 0 Å². The number of hydrogen-bond donors (Lipinski definition) is 1. The first-order chi connectivity index (χ1) is 9.68. The van der Waals surface area contributed by atoms with Crippen LogP contribution in [0.4, 0.5) is 0 Å². The molecule has 0 aromatic heterocycles. The molecule has 1 aromatic carbocycles. The summed E-state index contributed by atoms with van der Waals surface area (Å²) in [6, 6.07) is 10.5. The van der Waals surface area contributed by atoms with Gasteiger partial charge in [-0.25, -0.2) is 0 Å². The third kappa shape index (κ3) is 4.05. The monoisotopic (exact) mass is 276 g/mol. The van der Waals surface area contributed by atoms with Gasteiger partial charge in [-0.05, 0) is 32.5 Å². The molecule has 1 heterocycles. The summed E-state index contributed by atoms with van der Waals surface area (Å²) in [7, 11) is 4.08. The largest absolute Gasteiger partial charge is 0.381 e. The first-order valence-electron chi connectivity index (χ1n) is 7.25. The summed E-state index contributed by atoms with van der Waals surface area (Å²) >= 11 is 0. The second kappa shape index (κ2) is 7.41. The molecular formula is C16H24N2O2. The van der Waals surface area contributed by atoms with E-state index in [1.54, 1.807) is 0 Å². The minimum atomic E-state index is 0.113. The van der Waals surface area contributed by atoms with Crippen molar-refractivity contribution in [1.82, 2.24) is 10.2 Å². The number of rotatable bonds is 5. The Balaban J connectivity index is 1.91. The van der Waals surface area contributed by atoms with E-state index in [4.69, 9.17) is 4.74 Å². The van der Waals surface area contributed by atoms with Crippen LogP contribution < -0.4 is 5.32 Å². The van der Waals surface area contributed by atoms with E-state index in [1.165, 1.54) is 5.56 Å². The molecule has 1 N–H and O–H groups in total. The van der Waals surface area contributed by atoms with E-state index in [0.717, 1.165) is 12.8 Å². The van der Waals surface area contributed by atoms with Crippen LogP contribution in [-0.2, 0) is 9.53 Å². The van der Waals surface area contributed by atoms with Crippen LogP contribution in [0.15, 0.2) is 30.3 Å². The molecule has 1 unspecified atom stereocenters. The van der Waals surface area contributed by atoms with Crippen molar-refractivity contribution in [2.75, 3.05) is 33.9 Å². The van der Waals surface area contributed by atoms with Gasteiger partial charge in [-0.1, -0.05) is 30.3 Å². The van der Waals surface area contributed by atoms with Crippen LogP contribution in [-0.4, -0.2) is 44.7 Å². The van der Waals surface area contributed by atoms with Crippen LogP contribution in [0.5, 0.6) is 0 Å². The lowest BCUT2D eigenvalue weighted by Crippen LogP contribution is -2.39. The average molecular weight is 276 g/mol. The van der Waals surface area contributed by atoms with Crippen molar-refractivity contribution in [1.29, 1.82) is 0 Å². The Morgan fingerprint density at radius 3 is 2.55 bits per heavy atom. The van der Waals surface area contributed by atoms with Crippen molar-refractivity contribution < 1.29 is 9.53 Å². The molecule has 1 aliphatic heterocycles. The summed E-state index contributed by atoms with van der Waals surface area (Å²) in [5, 5.41) is 3.10. The Bertz CT molecular complexity index is 414. The number of carbonyl (C=O) groups excluding carboxylic acids is 1. The van der Waals surface area contributed by atoms with Crippen LogP contribution in [0, 0.1) is 5.92 Å². The maximum Gasteiger partial charge on any atom is 0.223 e. The summed E-state index contributed by atoms with van der Waals surface area (Å²) in [4.78, 5) is 14.3. The lowest BCUT2D eigenvalue weighted by molar-refractivity contribution is -0.128. The summed E-state index contributed by atoms with van der Waals surface area (Å²) in [5.41, 5.74) is 1.23. The average Bonchev–Trinajstić information content (AvgIpc) is 2.49. The third-order valence-corrected chi connectivity index (χ3v) is 3.87. The lowest BCUT2D eigenvalue weighted by Gasteiger charge is -2.27. The number of likely N-dealkylation sites (N-methyl/N-ethyl adjacent to an activating group) is 1. The van der Waals surface area contributed by atoms with E-state index in [2.05, 4.69) is 22.3 Å². The van der Waals surface area contributed by atoms with Gasteiger partial charge in [0.25, 0.3) is 0 Å². The van der Waals surface area contributed by atoms with E-state index >= 15 is 0 Å². The molecule has 1 amide bonds. The molecule has 20 heavy (non-hydrogen) atoms. The number of carbonyl (C=O) groups is 1. The summed E-state index contributed by atoms with van der Waals surface area (Å²) in [6.07, 6.45) is 1.67. The zero-order valence-corrected chi connectivity index (χ0v) is 12.3. The zero-order valence-electron chi connectivity index (χ0n) is 12.3. The smallest absolute Gasteiger partial charge is 0.223 e. The van der Waals surface area contributed by atoms with Crippen molar-refractivity contribution in [2.45, 2.75) is 18.9 Å². The normalized spacial score (nSPS) is 17.9. The number of ether oxygens (including phenoxy) is 1. The Labute approximate surface area is 121 Å². The van der Waals surface area contributed by atoms with Crippen molar-refractivity contribution in [3.63, 3.8) is 0 Å². The number of nitrogens with zero attached hydrogens (tertiary/aromatic N) is 1. The van der Waals surface area contributed by atoms with Gasteiger partial charge in [0, 0.05) is 25.7 Å². The first kappa shape index (κ1) is 15.0. The summed E-state index contributed by atoms with van der Waals surface area (Å²) < 4.78 is 5.29. The molecule has 1 aromatic rings. The molecule has 1 atom stereocenters. The quantitative estimate of drug-likeness (QED) is 0.892. The summed E-state index contributed by atoms with van der Waals surface area (Å²) in [5.74, 6) is 0.276. The molecule has 0 aliphatic carbocycles. The highest BCUT2D eigenvalue weighted by molar-refractivity contribution is 5.78. The van der Waals surface area contributed by atoms with Gasteiger partial charge in [-0.2, -0.15) is 0 Å². The summed E-state index contributed by atoms with van der Waals surface area (Å²) in [6.45, 7) is 2.05. The Hall–Kier alpha value is -1.39. The van der Waals surface area contributed by atoms with E-state index < -0.39 is 0 Å². The van der Waals surface area contributed by atoms with Gasteiger partial charge in [0.2, 0.25) is 5.91 Å². The molecule has 110 valence electrons. The van der Waals surface area contributed by atoms with Crippen LogP contribution in [0.1, 0.15) is 24.4 Å². The Morgan fingerprint density at radius 1 is 1.30 bits per heavy atom. The Kier molecular flexibility index (Phi) is 5.56. The number of nitrogens with one attached hydrogen (secondary N) is 1. The molecule has 0 radical (unpaired) electrons. The zero-order chi connectivity index (χ0) is 14.4. The lowest BCUT2D eigenvalue weighted by atomic mass is 9.99. The predicted molar refractivity (Wildman–Crippen MR) is 79.4 cm³/mol. The van der Waals surface area contributed by atoms with E-state index in [1.807, 2.05) is 32.3 Å². The van der Waals surface area contributed by atoms with Crippen LogP contribution >= 0.6 is 0 Å². The van der Waals surface area contributed by atoms with Crippen molar-refractivity contribution in [2.24, 2.45) is 5.92 Å². The van der Waals surface area contributed by atoms with Gasteiger partial charge >= 0.3 is 0 Å². The van der Waals surface area contributed by atoms with Gasteiger partial charge in [0.15, 0.2) is 0 Å². The van der Waals surface area contributed by atoms with E-state index in [-0.39, 0.29) is 17.9 Å². The molecule has 1 saturated heterocycles. The van der Waals surface area contributed by atoms with E-state index in [9.17, 15) is 4.79 Å². The highest BCUT2D eigenvalue weighted by atomic mass is 16.5. The topological polar surface area (TPSA) is 41.6 Å². The molecule has 0 saturated carbocycles. The molecule has 0 spiro atoms. The fraction of sp³-hybridized carbons (Fsp3) is 0.562. The predicted octanol–water partition coefficient (Wildman–Crippen LogP) is 1.83. The fourth-order valence-corrected chi connectivity index (χ4v) is 2.58. The maximum atomic E-state index is 12.2. The standard InChI is InChI=1S/C16H24N2O2/c1-18(2)15(13-6-4-3-5-7-13)12-17-16(19)14-8-10-20-11-9-14/h3-7,14-15H,8-12H2,1-2H3,(H,17,19). The number of benzene rings is 1. The van der Waals surface area contributed by atoms with Gasteiger partial charge in [-0.15, -0.1) is 0 Å². The van der Waals surface area contributed by atoms with Crippen LogP contribution in [0.3, 0.4) is 0 Å². The SMILES string of the molecule is CN(C)C(CNC(=O)C1CCOCC1)c1ccccc1. The van der Waals surface area contributed by atoms with Gasteiger partial charge in [-0.3, -0.25) is 4.79 Å². The van der Waals surface area contributed by atoms with Crippen LogP contribution in [0.25, 0.3) is 0 Å². The minimum absolute atomic E-state index is 0.113. The molecule has 2 rings (SSSR count). The Morgan fingerprint density at radius 2 is 1.95 bits per heavy atom. The fourth-order valence-electron chi connectivity index (χ4n) is 2.58. The molecule has 0 bridgehead atoms. The molecular weight excluding hydrogens is 252 g/mol. The highest BCUT2D eigenvalue weighted by Gasteiger charge is 2.22. The van der Waals surface area contributed by atoms with Gasteiger partial charge < -0.3 is 15.0 Å². The third-order valence-electron chi connectivity index (χ3n) is 3.87. The van der Waals surface area contributed by atoms with E-state index in [0.29, 0.717) is 19.8 Å². The molecule has 4 nitrogen and oxygen atoms in total. The highest BCUT2D eigenvalue weighted by Crippen LogP contribution is 2.18. The van der Waals surface area contributed by atoms with Crippen molar-refractivity contribution >= 4 is 5.91 Å². The van der Waals surface area contributed by atoms with Crippen molar-refractivity contribution in [3.05, 3.63) is 35.9 Å². The first-order valence-corrected chi connectivity index (χ1v) is 7.25. The number of amides is 1. The maximum absolute atomic E-state index is 12.2. The van der Waals surface area contributed by atoms with Gasteiger partial charge in [0.05, 0.1) is 6.04 Å². The molecule has 1 aliphatic rings. The van der Waals surface area contributed by atoms with Crippen molar-refractivity contribution in [3.8, 4) is 0 Å². The molecule has 4 heteroatoms. The second-order valence-electron chi connectivity index (χ2n) is 5.52. The second-order valence-corrected chi connectivity index (χ2v) is 5.52. The van der Waals surface area contributed by atoms with Gasteiger partial charge in [0.1, 0.15) is 0 Å². The molecule has 1 fully saturated rings. The number of hydrogen-bond acceptors (Lipinski definition) is 3. The minimum Gasteiger partial charge on any atom is -0.381 e.